The Labute approximate surface area is 154 Å². The fourth-order valence-corrected chi connectivity index (χ4v) is 7.28. The highest BCUT2D eigenvalue weighted by Crippen LogP contribution is 2.67. The lowest BCUT2D eigenvalue weighted by atomic mass is 9.45. The van der Waals surface area contributed by atoms with E-state index in [1.54, 1.807) is 6.08 Å². The van der Waals surface area contributed by atoms with E-state index in [9.17, 15) is 24.9 Å². The molecule has 5 heteroatoms. The Kier molecular flexibility index (Phi) is 4.04. The van der Waals surface area contributed by atoms with Crippen LogP contribution in [0.4, 0.5) is 0 Å². The van der Waals surface area contributed by atoms with Crippen LogP contribution < -0.4 is 0 Å². The van der Waals surface area contributed by atoms with Gasteiger partial charge in [-0.3, -0.25) is 9.59 Å². The van der Waals surface area contributed by atoms with Crippen molar-refractivity contribution in [3.8, 4) is 0 Å². The quantitative estimate of drug-likeness (QED) is 0.696. The van der Waals surface area contributed by atoms with Crippen LogP contribution in [0.25, 0.3) is 0 Å². The maximum Gasteiger partial charge on any atom is 0.190 e. The van der Waals surface area contributed by atoms with Crippen LogP contribution in [-0.4, -0.2) is 45.2 Å². The summed E-state index contributed by atoms with van der Waals surface area (Å²) in [6.45, 7) is 3.46. The first kappa shape index (κ1) is 18.3. The Bertz CT molecular complexity index is 684. The number of fused-ring (bicyclic) bond motifs is 5. The number of carbonyl (C=O) groups excluding carboxylic acids is 2. The maximum absolute atomic E-state index is 12.4. The third-order valence-electron chi connectivity index (χ3n) is 8.65. The predicted molar refractivity (Wildman–Crippen MR) is 95.1 cm³/mol. The molecule has 5 nitrogen and oxygen atoms in total. The van der Waals surface area contributed by atoms with Gasteiger partial charge in [-0.05, 0) is 67.8 Å². The standard InChI is InChI=1S/C21H30O5/c1-19-7-5-13(23)9-12(19)3-4-14-15-6-8-21(26,17(25)11-22)20(15,2)10-16(24)18(14)19/h9,14-16,18,22,24,26H,3-8,10-11H2,1-2H3/t14-,15+,16+,18+,19-,20-,21-/m0/s1. The zero-order chi connectivity index (χ0) is 18.9. The summed E-state index contributed by atoms with van der Waals surface area (Å²) in [7, 11) is 0. The van der Waals surface area contributed by atoms with Crippen molar-refractivity contribution in [1.29, 1.82) is 0 Å². The number of Topliss-reactive ketones (excluding diaryl/α,β-unsaturated/α-hetero) is 1. The lowest BCUT2D eigenvalue weighted by Gasteiger charge is -2.60. The summed E-state index contributed by atoms with van der Waals surface area (Å²) in [5, 5.41) is 31.7. The van der Waals surface area contributed by atoms with E-state index in [0.717, 1.165) is 25.7 Å². The van der Waals surface area contributed by atoms with E-state index in [1.807, 2.05) is 6.92 Å². The number of ketones is 2. The van der Waals surface area contributed by atoms with Gasteiger partial charge in [0.15, 0.2) is 11.6 Å². The molecule has 3 saturated carbocycles. The normalized spacial score (nSPS) is 50.5. The summed E-state index contributed by atoms with van der Waals surface area (Å²) in [6.07, 6.45) is 5.74. The average molecular weight is 362 g/mol. The van der Waals surface area contributed by atoms with Gasteiger partial charge in [-0.2, -0.15) is 0 Å². The third-order valence-corrected chi connectivity index (χ3v) is 8.65. The highest BCUT2D eigenvalue weighted by Gasteiger charge is 2.68. The van der Waals surface area contributed by atoms with Crippen LogP contribution >= 0.6 is 0 Å². The third kappa shape index (κ3) is 2.14. The molecule has 0 spiro atoms. The maximum atomic E-state index is 12.4. The van der Waals surface area contributed by atoms with Crippen LogP contribution in [0.3, 0.4) is 0 Å². The Morgan fingerprint density at radius 3 is 2.65 bits per heavy atom. The number of carbonyl (C=O) groups is 2. The van der Waals surface area contributed by atoms with E-state index in [-0.39, 0.29) is 29.0 Å². The molecule has 0 aromatic heterocycles. The first-order valence-corrected chi connectivity index (χ1v) is 9.96. The lowest BCUT2D eigenvalue weighted by molar-refractivity contribution is -0.182. The molecule has 0 heterocycles. The SMILES string of the molecule is C[C@]12CCC(=O)C=C1CC[C@@H]1[C@@H]2[C@H](O)C[C@@]2(C)[C@@H]1CC[C@]2(O)C(=O)CO. The highest BCUT2D eigenvalue weighted by atomic mass is 16.3. The molecule has 3 N–H and O–H groups in total. The molecule has 7 atom stereocenters. The largest absolute Gasteiger partial charge is 0.393 e. The molecule has 0 aliphatic heterocycles. The van der Waals surface area contributed by atoms with Crippen molar-refractivity contribution < 1.29 is 24.9 Å². The van der Waals surface area contributed by atoms with Crippen molar-refractivity contribution in [3.63, 3.8) is 0 Å². The first-order valence-electron chi connectivity index (χ1n) is 9.96. The summed E-state index contributed by atoms with van der Waals surface area (Å²) in [5.41, 5.74) is -1.23. The smallest absolute Gasteiger partial charge is 0.190 e. The molecular formula is C21H30O5. The molecule has 4 rings (SSSR count). The van der Waals surface area contributed by atoms with Crippen molar-refractivity contribution >= 4 is 11.6 Å². The van der Waals surface area contributed by atoms with Gasteiger partial charge in [-0.25, -0.2) is 0 Å². The molecule has 0 unspecified atom stereocenters. The minimum Gasteiger partial charge on any atom is -0.393 e. The van der Waals surface area contributed by atoms with Gasteiger partial charge in [0.25, 0.3) is 0 Å². The van der Waals surface area contributed by atoms with Crippen molar-refractivity contribution in [2.45, 2.75) is 70.5 Å². The number of hydrogen-bond donors (Lipinski definition) is 3. The number of rotatable bonds is 2. The number of hydrogen-bond acceptors (Lipinski definition) is 5. The van der Waals surface area contributed by atoms with E-state index < -0.39 is 29.5 Å². The van der Waals surface area contributed by atoms with Gasteiger partial charge in [0, 0.05) is 11.8 Å². The molecule has 26 heavy (non-hydrogen) atoms. The van der Waals surface area contributed by atoms with Crippen LogP contribution in [0, 0.1) is 28.6 Å². The van der Waals surface area contributed by atoms with Crippen molar-refractivity contribution in [2.75, 3.05) is 6.61 Å². The monoisotopic (exact) mass is 362 g/mol. The predicted octanol–water partition coefficient (Wildman–Crippen LogP) is 1.78. The Hall–Kier alpha value is -1.04. The molecule has 0 aromatic carbocycles. The molecule has 4 aliphatic carbocycles. The lowest BCUT2D eigenvalue weighted by Crippen LogP contribution is -2.62. The van der Waals surface area contributed by atoms with Gasteiger partial charge < -0.3 is 15.3 Å². The summed E-state index contributed by atoms with van der Waals surface area (Å²) < 4.78 is 0. The summed E-state index contributed by atoms with van der Waals surface area (Å²) in [6, 6.07) is 0. The van der Waals surface area contributed by atoms with Crippen LogP contribution in [0.2, 0.25) is 0 Å². The van der Waals surface area contributed by atoms with E-state index in [2.05, 4.69) is 6.92 Å². The second-order valence-electron chi connectivity index (χ2n) is 9.56. The summed E-state index contributed by atoms with van der Waals surface area (Å²) in [4.78, 5) is 24.3. The second kappa shape index (κ2) is 5.73. The van der Waals surface area contributed by atoms with Gasteiger partial charge in [-0.15, -0.1) is 0 Å². The van der Waals surface area contributed by atoms with Crippen LogP contribution in [-0.2, 0) is 9.59 Å². The first-order chi connectivity index (χ1) is 12.2. The second-order valence-corrected chi connectivity index (χ2v) is 9.56. The molecule has 0 bridgehead atoms. The number of aliphatic hydroxyl groups is 3. The highest BCUT2D eigenvalue weighted by molar-refractivity contribution is 5.91. The molecule has 0 aromatic rings. The van der Waals surface area contributed by atoms with Gasteiger partial charge in [-0.1, -0.05) is 19.4 Å². The van der Waals surface area contributed by atoms with Crippen LogP contribution in [0.1, 0.15) is 58.8 Å². The minimum absolute atomic E-state index is 0.0697. The van der Waals surface area contributed by atoms with Crippen molar-refractivity contribution in [2.24, 2.45) is 28.6 Å². The average Bonchev–Trinajstić information content (AvgIpc) is 2.86. The summed E-state index contributed by atoms with van der Waals surface area (Å²) >= 11 is 0. The molecule has 144 valence electrons. The fraction of sp³-hybridized carbons (Fsp3) is 0.810. The van der Waals surface area contributed by atoms with E-state index in [0.29, 0.717) is 19.3 Å². The van der Waals surface area contributed by atoms with Crippen molar-refractivity contribution in [1.82, 2.24) is 0 Å². The van der Waals surface area contributed by atoms with Gasteiger partial charge in [0.05, 0.1) is 6.10 Å². The van der Waals surface area contributed by atoms with Crippen LogP contribution in [0.15, 0.2) is 11.6 Å². The van der Waals surface area contributed by atoms with E-state index in [1.165, 1.54) is 5.57 Å². The Morgan fingerprint density at radius 1 is 1.23 bits per heavy atom. The van der Waals surface area contributed by atoms with Crippen LogP contribution in [0.5, 0.6) is 0 Å². The van der Waals surface area contributed by atoms with E-state index in [4.69, 9.17) is 0 Å². The molecular weight excluding hydrogens is 332 g/mol. The molecule has 4 aliphatic rings. The van der Waals surface area contributed by atoms with Crippen molar-refractivity contribution in [3.05, 3.63) is 11.6 Å². The minimum atomic E-state index is -1.54. The molecule has 0 saturated heterocycles. The topological polar surface area (TPSA) is 94.8 Å². The fourth-order valence-electron chi connectivity index (χ4n) is 7.28. The Morgan fingerprint density at radius 2 is 1.96 bits per heavy atom. The zero-order valence-electron chi connectivity index (χ0n) is 15.7. The number of allylic oxidation sites excluding steroid dienone is 1. The van der Waals surface area contributed by atoms with E-state index >= 15 is 0 Å². The molecule has 3 fully saturated rings. The number of aliphatic hydroxyl groups excluding tert-OH is 2. The molecule has 0 radical (unpaired) electrons. The molecule has 0 amide bonds. The van der Waals surface area contributed by atoms with Gasteiger partial charge >= 0.3 is 0 Å². The summed E-state index contributed by atoms with van der Waals surface area (Å²) in [5.74, 6) is 0.140. The van der Waals surface area contributed by atoms with Gasteiger partial charge in [0.2, 0.25) is 0 Å². The zero-order valence-corrected chi connectivity index (χ0v) is 15.7. The van der Waals surface area contributed by atoms with Gasteiger partial charge in [0.1, 0.15) is 12.2 Å². The Balaban J connectivity index is 1.74.